The molecule has 2 saturated carbocycles. The average Bonchev–Trinajstić information content (AvgIpc) is 3.00. The van der Waals surface area contributed by atoms with Gasteiger partial charge in [0.2, 0.25) is 0 Å². The number of para-hydroxylation sites is 2. The van der Waals surface area contributed by atoms with E-state index in [9.17, 15) is 0 Å². The van der Waals surface area contributed by atoms with Gasteiger partial charge in [-0.2, -0.15) is 0 Å². The molecule has 0 radical (unpaired) electrons. The van der Waals surface area contributed by atoms with Crippen molar-refractivity contribution in [2.24, 2.45) is 0 Å². The van der Waals surface area contributed by atoms with Crippen molar-refractivity contribution in [3.05, 3.63) is 109 Å². The Labute approximate surface area is 228 Å². The van der Waals surface area contributed by atoms with Crippen molar-refractivity contribution in [3.63, 3.8) is 0 Å². The Hall–Kier alpha value is -3.52. The van der Waals surface area contributed by atoms with Crippen LogP contribution < -0.4 is 9.80 Å². The summed E-state index contributed by atoms with van der Waals surface area (Å²) < 4.78 is 0. The monoisotopic (exact) mass is 500 g/mol. The summed E-state index contributed by atoms with van der Waals surface area (Å²) in [7, 11) is 0. The topological polar surface area (TPSA) is 6.48 Å². The molecule has 0 saturated heterocycles. The molecule has 2 nitrogen and oxygen atoms in total. The molecule has 4 aromatic carbocycles. The Morgan fingerprint density at radius 1 is 0.342 bits per heavy atom. The van der Waals surface area contributed by atoms with E-state index in [0.29, 0.717) is 12.1 Å². The number of hydrogen-bond donors (Lipinski definition) is 0. The minimum absolute atomic E-state index is 0.583. The maximum Gasteiger partial charge on any atom is 0.0413 e. The van der Waals surface area contributed by atoms with Crippen LogP contribution in [-0.4, -0.2) is 12.1 Å². The Morgan fingerprint density at radius 2 is 0.658 bits per heavy atom. The highest BCUT2D eigenvalue weighted by Crippen LogP contribution is 2.37. The van der Waals surface area contributed by atoms with E-state index in [1.807, 2.05) is 0 Å². The molecule has 0 N–H and O–H groups in total. The van der Waals surface area contributed by atoms with Crippen LogP contribution >= 0.6 is 0 Å². The van der Waals surface area contributed by atoms with E-state index in [2.05, 4.69) is 119 Å². The standard InChI is InChI=1S/C36H40N2/c1-5-13-31(14-6-1)37(32-15-7-2-8-16-32)35-25-21-29(22-26-35)30-23-27-36(28-24-30)38(33-17-9-3-10-18-33)34-19-11-4-12-20-34/h1,3,5-6,9-10,13-14,17-18,21-28,32,34H,2,4,7-8,11-12,15-16,19-20H2. The van der Waals surface area contributed by atoms with Crippen LogP contribution in [0.2, 0.25) is 0 Å². The fourth-order valence-corrected chi connectivity index (χ4v) is 6.63. The minimum Gasteiger partial charge on any atom is -0.338 e. The number of hydrogen-bond acceptors (Lipinski definition) is 2. The van der Waals surface area contributed by atoms with Crippen LogP contribution in [0.5, 0.6) is 0 Å². The highest BCUT2D eigenvalue weighted by atomic mass is 15.2. The molecule has 6 rings (SSSR count). The number of rotatable bonds is 7. The molecule has 0 atom stereocenters. The molecule has 2 heteroatoms. The van der Waals surface area contributed by atoms with Crippen LogP contribution in [0.3, 0.4) is 0 Å². The smallest absolute Gasteiger partial charge is 0.0413 e. The highest BCUT2D eigenvalue weighted by Gasteiger charge is 2.24. The molecule has 0 spiro atoms. The predicted molar refractivity (Wildman–Crippen MR) is 163 cm³/mol. The lowest BCUT2D eigenvalue weighted by molar-refractivity contribution is 0.436. The second-order valence-corrected chi connectivity index (χ2v) is 11.1. The SMILES string of the molecule is c1ccc(N(c2ccc(-c3ccc(N(c4ccccc4)C4CCCCC4)cc3)cc2)C2CCCCC2)cc1. The normalized spacial score (nSPS) is 16.7. The lowest BCUT2D eigenvalue weighted by atomic mass is 9.92. The molecular weight excluding hydrogens is 460 g/mol. The highest BCUT2D eigenvalue weighted by molar-refractivity contribution is 5.73. The molecule has 2 fully saturated rings. The van der Waals surface area contributed by atoms with Crippen molar-refractivity contribution in [1.82, 2.24) is 0 Å². The number of anilines is 4. The zero-order valence-electron chi connectivity index (χ0n) is 22.5. The molecular formula is C36H40N2. The fraction of sp³-hybridized carbons (Fsp3) is 0.333. The van der Waals surface area contributed by atoms with Crippen molar-refractivity contribution in [1.29, 1.82) is 0 Å². The van der Waals surface area contributed by atoms with E-state index in [1.54, 1.807) is 0 Å². The minimum atomic E-state index is 0.583. The summed E-state index contributed by atoms with van der Waals surface area (Å²) in [5, 5.41) is 0. The van der Waals surface area contributed by atoms with E-state index < -0.39 is 0 Å². The van der Waals surface area contributed by atoms with Gasteiger partial charge in [-0.25, -0.2) is 0 Å². The summed E-state index contributed by atoms with van der Waals surface area (Å²) >= 11 is 0. The van der Waals surface area contributed by atoms with Crippen LogP contribution in [0.15, 0.2) is 109 Å². The van der Waals surface area contributed by atoms with Gasteiger partial charge in [0, 0.05) is 34.8 Å². The molecule has 0 amide bonds. The van der Waals surface area contributed by atoms with Gasteiger partial charge in [0.25, 0.3) is 0 Å². The van der Waals surface area contributed by atoms with Gasteiger partial charge in [0.15, 0.2) is 0 Å². The first-order chi connectivity index (χ1) is 18.9. The third kappa shape index (κ3) is 5.50. The Balaban J connectivity index is 1.25. The van der Waals surface area contributed by atoms with E-state index in [1.165, 1.54) is 98.1 Å². The van der Waals surface area contributed by atoms with Crippen molar-refractivity contribution < 1.29 is 0 Å². The molecule has 0 unspecified atom stereocenters. The molecule has 2 aliphatic carbocycles. The van der Waals surface area contributed by atoms with Crippen molar-refractivity contribution in [2.75, 3.05) is 9.80 Å². The third-order valence-corrected chi connectivity index (χ3v) is 8.57. The van der Waals surface area contributed by atoms with E-state index in [4.69, 9.17) is 0 Å². The molecule has 194 valence electrons. The molecule has 2 aliphatic rings. The Kier molecular flexibility index (Phi) is 7.77. The largest absolute Gasteiger partial charge is 0.338 e. The zero-order valence-corrected chi connectivity index (χ0v) is 22.5. The van der Waals surface area contributed by atoms with Gasteiger partial charge in [-0.3, -0.25) is 0 Å². The fourth-order valence-electron chi connectivity index (χ4n) is 6.63. The van der Waals surface area contributed by atoms with Gasteiger partial charge in [-0.15, -0.1) is 0 Å². The summed E-state index contributed by atoms with van der Waals surface area (Å²) in [4.78, 5) is 5.15. The van der Waals surface area contributed by atoms with Crippen LogP contribution in [0.25, 0.3) is 11.1 Å². The van der Waals surface area contributed by atoms with Crippen LogP contribution in [0.4, 0.5) is 22.7 Å². The predicted octanol–water partition coefficient (Wildman–Crippen LogP) is 10.3. The molecule has 38 heavy (non-hydrogen) atoms. The third-order valence-electron chi connectivity index (χ3n) is 8.57. The molecule has 0 aliphatic heterocycles. The van der Waals surface area contributed by atoms with Crippen molar-refractivity contribution >= 4 is 22.7 Å². The summed E-state index contributed by atoms with van der Waals surface area (Å²) in [6, 6.07) is 41.6. The second kappa shape index (κ2) is 11.9. The first-order valence-electron chi connectivity index (χ1n) is 14.8. The second-order valence-electron chi connectivity index (χ2n) is 11.1. The van der Waals surface area contributed by atoms with Gasteiger partial charge in [-0.1, -0.05) is 99.2 Å². The van der Waals surface area contributed by atoms with E-state index in [0.717, 1.165) is 0 Å². The Morgan fingerprint density at radius 3 is 1.00 bits per heavy atom. The summed E-state index contributed by atoms with van der Waals surface area (Å²) in [5.74, 6) is 0. The van der Waals surface area contributed by atoms with E-state index >= 15 is 0 Å². The molecule has 0 bridgehead atoms. The molecule has 0 heterocycles. The lowest BCUT2D eigenvalue weighted by Crippen LogP contribution is -2.32. The molecule has 0 aromatic heterocycles. The van der Waals surface area contributed by atoms with Crippen LogP contribution in [0.1, 0.15) is 64.2 Å². The first-order valence-corrected chi connectivity index (χ1v) is 14.8. The molecule has 4 aromatic rings. The summed E-state index contributed by atoms with van der Waals surface area (Å²) in [5.41, 5.74) is 7.77. The summed E-state index contributed by atoms with van der Waals surface area (Å²) in [6.45, 7) is 0. The van der Waals surface area contributed by atoms with Gasteiger partial charge in [0.1, 0.15) is 0 Å². The van der Waals surface area contributed by atoms with Gasteiger partial charge in [-0.05, 0) is 85.3 Å². The quantitative estimate of drug-likeness (QED) is 0.249. The van der Waals surface area contributed by atoms with Gasteiger partial charge < -0.3 is 9.80 Å². The van der Waals surface area contributed by atoms with Crippen LogP contribution in [-0.2, 0) is 0 Å². The zero-order chi connectivity index (χ0) is 25.6. The maximum absolute atomic E-state index is 2.58. The van der Waals surface area contributed by atoms with Gasteiger partial charge >= 0.3 is 0 Å². The summed E-state index contributed by atoms with van der Waals surface area (Å²) in [6.07, 6.45) is 13.2. The average molecular weight is 501 g/mol. The van der Waals surface area contributed by atoms with Crippen molar-refractivity contribution in [2.45, 2.75) is 76.3 Å². The lowest BCUT2D eigenvalue weighted by Gasteiger charge is -2.36. The first kappa shape index (κ1) is 24.8. The maximum atomic E-state index is 2.58. The van der Waals surface area contributed by atoms with E-state index in [-0.39, 0.29) is 0 Å². The number of benzene rings is 4. The van der Waals surface area contributed by atoms with Crippen LogP contribution in [0, 0.1) is 0 Å². The van der Waals surface area contributed by atoms with Crippen molar-refractivity contribution in [3.8, 4) is 11.1 Å². The Bertz CT molecular complexity index is 1150. The number of nitrogens with zero attached hydrogens (tertiary/aromatic N) is 2. The van der Waals surface area contributed by atoms with Gasteiger partial charge in [0.05, 0.1) is 0 Å².